The Morgan fingerprint density at radius 3 is 2.12 bits per heavy atom. The number of hydrogen-bond acceptors (Lipinski definition) is 7. The molecule has 3 aromatic rings. The molecule has 0 bridgehead atoms. The summed E-state index contributed by atoms with van der Waals surface area (Å²) in [7, 11) is 3.35. The molecule has 4 rings (SSSR count). The van der Waals surface area contributed by atoms with E-state index < -0.39 is 4.92 Å². The fourth-order valence-electron chi connectivity index (χ4n) is 3.73. The summed E-state index contributed by atoms with van der Waals surface area (Å²) >= 11 is 1.54. The molecule has 0 radical (unpaired) electrons. The molecule has 1 heterocycles. The van der Waals surface area contributed by atoms with E-state index in [4.69, 9.17) is 9.47 Å². The minimum absolute atomic E-state index is 0.0876. The first-order valence-corrected chi connectivity index (χ1v) is 11.5. The number of hydrogen-bond donors (Lipinski definition) is 0. The SMILES string of the molecule is COc1cc(N2CCCC2)c(OC)cc1C=Nc1ccc(Sc2ccc([N+](=O)[O-])cc2)cc1. The molecule has 3 aromatic carbocycles. The van der Waals surface area contributed by atoms with E-state index in [1.165, 1.54) is 25.0 Å². The van der Waals surface area contributed by atoms with Crippen LogP contribution in [-0.2, 0) is 0 Å². The maximum Gasteiger partial charge on any atom is 0.269 e. The number of nitro benzene ring substituents is 1. The lowest BCUT2D eigenvalue weighted by molar-refractivity contribution is -0.384. The zero-order valence-corrected chi connectivity index (χ0v) is 19.4. The summed E-state index contributed by atoms with van der Waals surface area (Å²) in [6.45, 7) is 2.05. The van der Waals surface area contributed by atoms with Gasteiger partial charge in [-0.05, 0) is 55.3 Å². The van der Waals surface area contributed by atoms with E-state index in [1.54, 1.807) is 44.3 Å². The van der Waals surface area contributed by atoms with Crippen LogP contribution in [0, 0.1) is 10.1 Å². The van der Waals surface area contributed by atoms with Gasteiger partial charge in [0.05, 0.1) is 30.5 Å². The van der Waals surface area contributed by atoms with Crippen molar-refractivity contribution in [3.63, 3.8) is 0 Å². The summed E-state index contributed by atoms with van der Waals surface area (Å²) in [5, 5.41) is 10.8. The van der Waals surface area contributed by atoms with Crippen molar-refractivity contribution < 1.29 is 14.4 Å². The molecule has 1 fully saturated rings. The average Bonchev–Trinajstić information content (AvgIpc) is 3.38. The third-order valence-corrected chi connectivity index (χ3v) is 6.47. The summed E-state index contributed by atoms with van der Waals surface area (Å²) in [6.07, 6.45) is 4.16. The Morgan fingerprint density at radius 1 is 0.939 bits per heavy atom. The Bertz CT molecular complexity index is 1140. The van der Waals surface area contributed by atoms with Crippen molar-refractivity contribution in [1.82, 2.24) is 0 Å². The molecule has 1 aliphatic rings. The van der Waals surface area contributed by atoms with E-state index in [0.29, 0.717) is 0 Å². The van der Waals surface area contributed by atoms with Gasteiger partial charge in [-0.25, -0.2) is 0 Å². The van der Waals surface area contributed by atoms with Crippen molar-refractivity contribution in [3.8, 4) is 11.5 Å². The van der Waals surface area contributed by atoms with Gasteiger partial charge in [0.2, 0.25) is 0 Å². The lowest BCUT2D eigenvalue weighted by Crippen LogP contribution is -2.18. The Hall–Kier alpha value is -3.52. The minimum atomic E-state index is -0.397. The summed E-state index contributed by atoms with van der Waals surface area (Å²) in [5.74, 6) is 1.57. The van der Waals surface area contributed by atoms with Crippen molar-refractivity contribution >= 4 is 35.0 Å². The fourth-order valence-corrected chi connectivity index (χ4v) is 4.54. The van der Waals surface area contributed by atoms with Gasteiger partial charge >= 0.3 is 0 Å². The van der Waals surface area contributed by atoms with Gasteiger partial charge in [0.25, 0.3) is 5.69 Å². The summed E-state index contributed by atoms with van der Waals surface area (Å²) < 4.78 is 11.3. The first kappa shape index (κ1) is 22.7. The standard InChI is InChI=1S/C25H25N3O4S/c1-31-24-16-23(27-13-3-4-14-27)25(32-2)15-18(24)17-26-19-5-9-21(10-6-19)33-22-11-7-20(8-12-22)28(29)30/h5-12,15-17H,3-4,13-14H2,1-2H3. The number of nitrogens with zero attached hydrogens (tertiary/aromatic N) is 3. The van der Waals surface area contributed by atoms with E-state index in [0.717, 1.165) is 51.3 Å². The number of methoxy groups -OCH3 is 2. The smallest absolute Gasteiger partial charge is 0.269 e. The minimum Gasteiger partial charge on any atom is -0.496 e. The second-order valence-corrected chi connectivity index (χ2v) is 8.71. The van der Waals surface area contributed by atoms with Gasteiger partial charge in [-0.3, -0.25) is 15.1 Å². The fraction of sp³-hybridized carbons (Fsp3) is 0.240. The maximum absolute atomic E-state index is 10.8. The normalized spacial score (nSPS) is 13.5. The van der Waals surface area contributed by atoms with E-state index in [1.807, 2.05) is 36.4 Å². The van der Waals surface area contributed by atoms with Gasteiger partial charge in [-0.2, -0.15) is 0 Å². The zero-order chi connectivity index (χ0) is 23.2. The Balaban J connectivity index is 1.48. The number of anilines is 1. The molecule has 0 amide bonds. The lowest BCUT2D eigenvalue weighted by atomic mass is 10.1. The van der Waals surface area contributed by atoms with Crippen molar-refractivity contribution in [3.05, 3.63) is 76.3 Å². The van der Waals surface area contributed by atoms with Gasteiger partial charge in [0.1, 0.15) is 11.5 Å². The first-order valence-electron chi connectivity index (χ1n) is 10.6. The van der Waals surface area contributed by atoms with Crippen LogP contribution in [0.4, 0.5) is 17.1 Å². The number of non-ortho nitro benzene ring substituents is 1. The molecule has 170 valence electrons. The zero-order valence-electron chi connectivity index (χ0n) is 18.6. The lowest BCUT2D eigenvalue weighted by Gasteiger charge is -2.22. The van der Waals surface area contributed by atoms with Crippen molar-refractivity contribution in [2.45, 2.75) is 22.6 Å². The van der Waals surface area contributed by atoms with Crippen molar-refractivity contribution in [2.24, 2.45) is 4.99 Å². The number of nitro groups is 1. The summed E-state index contributed by atoms with van der Waals surface area (Å²) in [4.78, 5) is 19.3. The molecule has 0 aliphatic carbocycles. The summed E-state index contributed by atoms with van der Waals surface area (Å²) in [6, 6.07) is 18.3. The van der Waals surface area contributed by atoms with Gasteiger partial charge in [-0.1, -0.05) is 11.8 Å². The van der Waals surface area contributed by atoms with Crippen LogP contribution in [0.5, 0.6) is 11.5 Å². The molecule has 33 heavy (non-hydrogen) atoms. The predicted molar refractivity (Wildman–Crippen MR) is 132 cm³/mol. The average molecular weight is 464 g/mol. The van der Waals surface area contributed by atoms with Gasteiger partial charge in [0, 0.05) is 52.9 Å². The van der Waals surface area contributed by atoms with Crippen LogP contribution >= 0.6 is 11.8 Å². The van der Waals surface area contributed by atoms with Gasteiger partial charge in [0.15, 0.2) is 0 Å². The monoisotopic (exact) mass is 463 g/mol. The molecule has 1 saturated heterocycles. The third-order valence-electron chi connectivity index (χ3n) is 5.45. The predicted octanol–water partition coefficient (Wildman–Crippen LogP) is 6.11. The number of aliphatic imine (C=N–C) groups is 1. The van der Waals surface area contributed by atoms with E-state index in [2.05, 4.69) is 9.89 Å². The van der Waals surface area contributed by atoms with Crippen molar-refractivity contribution in [1.29, 1.82) is 0 Å². The second kappa shape index (κ2) is 10.4. The third kappa shape index (κ3) is 5.46. The van der Waals surface area contributed by atoms with Crippen LogP contribution in [0.1, 0.15) is 18.4 Å². The summed E-state index contributed by atoms with van der Waals surface area (Å²) in [5.41, 5.74) is 2.80. The van der Waals surface area contributed by atoms with Crippen LogP contribution in [0.25, 0.3) is 0 Å². The van der Waals surface area contributed by atoms with Crippen LogP contribution < -0.4 is 14.4 Å². The molecule has 0 unspecified atom stereocenters. The van der Waals surface area contributed by atoms with Crippen LogP contribution in [-0.4, -0.2) is 38.4 Å². The number of benzene rings is 3. The second-order valence-electron chi connectivity index (χ2n) is 7.57. The molecular weight excluding hydrogens is 438 g/mol. The number of rotatable bonds is 8. The highest BCUT2D eigenvalue weighted by atomic mass is 32.2. The largest absolute Gasteiger partial charge is 0.496 e. The van der Waals surface area contributed by atoms with Gasteiger partial charge < -0.3 is 14.4 Å². The molecule has 0 N–H and O–H groups in total. The van der Waals surface area contributed by atoms with E-state index >= 15 is 0 Å². The van der Waals surface area contributed by atoms with Crippen LogP contribution in [0.3, 0.4) is 0 Å². The van der Waals surface area contributed by atoms with Crippen LogP contribution in [0.2, 0.25) is 0 Å². The topological polar surface area (TPSA) is 77.2 Å². The molecule has 1 aliphatic heterocycles. The Morgan fingerprint density at radius 2 is 1.55 bits per heavy atom. The molecular formula is C25H25N3O4S. The Kier molecular flexibility index (Phi) is 7.14. The molecule has 0 spiro atoms. The molecule has 0 saturated carbocycles. The van der Waals surface area contributed by atoms with Crippen LogP contribution in [0.15, 0.2) is 75.4 Å². The first-order chi connectivity index (χ1) is 16.1. The molecule has 8 heteroatoms. The van der Waals surface area contributed by atoms with Gasteiger partial charge in [-0.15, -0.1) is 0 Å². The van der Waals surface area contributed by atoms with E-state index in [9.17, 15) is 10.1 Å². The Labute approximate surface area is 197 Å². The molecule has 0 atom stereocenters. The number of ether oxygens (including phenoxy) is 2. The quantitative estimate of drug-likeness (QED) is 0.228. The highest BCUT2D eigenvalue weighted by Crippen LogP contribution is 2.37. The maximum atomic E-state index is 10.8. The molecule has 7 nitrogen and oxygen atoms in total. The highest BCUT2D eigenvalue weighted by molar-refractivity contribution is 7.99. The molecule has 0 aromatic heterocycles. The highest BCUT2D eigenvalue weighted by Gasteiger charge is 2.19. The van der Waals surface area contributed by atoms with Crippen molar-refractivity contribution in [2.75, 3.05) is 32.2 Å². The van der Waals surface area contributed by atoms with E-state index in [-0.39, 0.29) is 5.69 Å².